The molecule has 1 atom stereocenters. The van der Waals surface area contributed by atoms with Crippen LogP contribution in [0.2, 0.25) is 5.02 Å². The van der Waals surface area contributed by atoms with Gasteiger partial charge in [0.05, 0.1) is 0 Å². The highest BCUT2D eigenvalue weighted by Crippen LogP contribution is 2.10. The van der Waals surface area contributed by atoms with Crippen molar-refractivity contribution in [1.29, 1.82) is 0 Å². The van der Waals surface area contributed by atoms with Gasteiger partial charge in [-0.25, -0.2) is 9.59 Å². The molecule has 7 heteroatoms. The Bertz CT molecular complexity index is 584. The van der Waals surface area contributed by atoms with Crippen LogP contribution >= 0.6 is 11.6 Å². The molecule has 0 unspecified atom stereocenters. The first kappa shape index (κ1) is 18.7. The Balaban J connectivity index is 2.33. The molecule has 0 aliphatic carbocycles. The van der Waals surface area contributed by atoms with Crippen LogP contribution in [-0.2, 0) is 14.3 Å². The second-order valence-corrected chi connectivity index (χ2v) is 5.26. The van der Waals surface area contributed by atoms with Gasteiger partial charge < -0.3 is 10.1 Å². The van der Waals surface area contributed by atoms with Crippen LogP contribution in [0.25, 0.3) is 6.08 Å². The summed E-state index contributed by atoms with van der Waals surface area (Å²) in [5.74, 6) is -1.38. The molecule has 2 N–H and O–H groups in total. The molecule has 0 aromatic heterocycles. The van der Waals surface area contributed by atoms with E-state index in [1.807, 2.05) is 13.8 Å². The SMILES string of the molecule is CC[C@@H](C)NC(=O)NC(=O)COC(=O)/C=C/c1ccc(Cl)cc1. The number of nitrogens with one attached hydrogen (secondary N) is 2. The summed E-state index contributed by atoms with van der Waals surface area (Å²) in [6.07, 6.45) is 3.47. The average Bonchev–Trinajstić information content (AvgIpc) is 2.52. The number of imide groups is 1. The molecule has 124 valence electrons. The Kier molecular flexibility index (Phi) is 7.83. The van der Waals surface area contributed by atoms with E-state index >= 15 is 0 Å². The summed E-state index contributed by atoms with van der Waals surface area (Å²) in [5.41, 5.74) is 0.767. The van der Waals surface area contributed by atoms with Gasteiger partial charge in [0.25, 0.3) is 5.91 Å². The first-order chi connectivity index (χ1) is 10.9. The lowest BCUT2D eigenvalue weighted by Gasteiger charge is -2.11. The molecule has 0 aliphatic heterocycles. The number of esters is 1. The Morgan fingerprint density at radius 2 is 1.91 bits per heavy atom. The number of amides is 3. The molecular formula is C16H19ClN2O4. The van der Waals surface area contributed by atoms with Crippen molar-refractivity contribution in [3.63, 3.8) is 0 Å². The summed E-state index contributed by atoms with van der Waals surface area (Å²) >= 11 is 5.75. The van der Waals surface area contributed by atoms with Crippen molar-refractivity contribution in [2.24, 2.45) is 0 Å². The van der Waals surface area contributed by atoms with Gasteiger partial charge in [-0.3, -0.25) is 10.1 Å². The summed E-state index contributed by atoms with van der Waals surface area (Å²) < 4.78 is 4.74. The van der Waals surface area contributed by atoms with Crippen LogP contribution in [0.1, 0.15) is 25.8 Å². The highest BCUT2D eigenvalue weighted by atomic mass is 35.5. The number of hydrogen-bond acceptors (Lipinski definition) is 4. The summed E-state index contributed by atoms with van der Waals surface area (Å²) in [6.45, 7) is 3.19. The third kappa shape index (κ3) is 8.01. The van der Waals surface area contributed by atoms with E-state index < -0.39 is 24.5 Å². The molecule has 0 aliphatic rings. The lowest BCUT2D eigenvalue weighted by Crippen LogP contribution is -2.44. The van der Waals surface area contributed by atoms with Crippen molar-refractivity contribution in [2.75, 3.05) is 6.61 Å². The number of urea groups is 1. The van der Waals surface area contributed by atoms with Gasteiger partial charge in [0.15, 0.2) is 6.61 Å². The molecule has 0 spiro atoms. The van der Waals surface area contributed by atoms with Crippen molar-refractivity contribution in [3.8, 4) is 0 Å². The van der Waals surface area contributed by atoms with E-state index in [1.165, 1.54) is 12.2 Å². The minimum atomic E-state index is -0.695. The topological polar surface area (TPSA) is 84.5 Å². The number of carbonyl (C=O) groups excluding carboxylic acids is 3. The molecular weight excluding hydrogens is 320 g/mol. The van der Waals surface area contributed by atoms with E-state index in [0.29, 0.717) is 5.02 Å². The summed E-state index contributed by atoms with van der Waals surface area (Å²) in [7, 11) is 0. The van der Waals surface area contributed by atoms with E-state index in [2.05, 4.69) is 10.6 Å². The molecule has 0 radical (unpaired) electrons. The van der Waals surface area contributed by atoms with Crippen molar-refractivity contribution < 1.29 is 19.1 Å². The largest absolute Gasteiger partial charge is 0.452 e. The molecule has 0 bridgehead atoms. The minimum absolute atomic E-state index is 0.0485. The standard InChI is InChI=1S/C16H19ClN2O4/c1-3-11(2)18-16(22)19-14(20)10-23-15(21)9-6-12-4-7-13(17)8-5-12/h4-9,11H,3,10H2,1-2H3,(H2,18,19,20,22)/b9-6+/t11-/m1/s1. The molecule has 6 nitrogen and oxygen atoms in total. The van der Waals surface area contributed by atoms with Gasteiger partial charge in [0.1, 0.15) is 0 Å². The van der Waals surface area contributed by atoms with E-state index in [1.54, 1.807) is 24.3 Å². The maximum absolute atomic E-state index is 11.5. The van der Waals surface area contributed by atoms with Gasteiger partial charge in [-0.1, -0.05) is 30.7 Å². The lowest BCUT2D eigenvalue weighted by atomic mass is 10.2. The van der Waals surface area contributed by atoms with E-state index in [0.717, 1.165) is 12.0 Å². The summed E-state index contributed by atoms with van der Waals surface area (Å²) in [5, 5.41) is 5.23. The smallest absolute Gasteiger partial charge is 0.331 e. The molecule has 0 heterocycles. The fourth-order valence-corrected chi connectivity index (χ4v) is 1.57. The van der Waals surface area contributed by atoms with Gasteiger partial charge in [-0.15, -0.1) is 0 Å². The number of benzene rings is 1. The van der Waals surface area contributed by atoms with Crippen molar-refractivity contribution >= 4 is 35.6 Å². The maximum atomic E-state index is 11.5. The second-order valence-electron chi connectivity index (χ2n) is 4.82. The van der Waals surface area contributed by atoms with Gasteiger partial charge >= 0.3 is 12.0 Å². The van der Waals surface area contributed by atoms with Crippen molar-refractivity contribution in [2.45, 2.75) is 26.3 Å². The lowest BCUT2D eigenvalue weighted by molar-refractivity contribution is -0.143. The predicted molar refractivity (Wildman–Crippen MR) is 87.9 cm³/mol. The fourth-order valence-electron chi connectivity index (χ4n) is 1.45. The maximum Gasteiger partial charge on any atom is 0.331 e. The van der Waals surface area contributed by atoms with Crippen LogP contribution in [0.4, 0.5) is 4.79 Å². The summed E-state index contributed by atoms with van der Waals surface area (Å²) in [4.78, 5) is 34.3. The number of ether oxygens (including phenoxy) is 1. The van der Waals surface area contributed by atoms with Crippen LogP contribution in [0.15, 0.2) is 30.3 Å². The Hall–Kier alpha value is -2.34. The highest BCUT2D eigenvalue weighted by molar-refractivity contribution is 6.30. The second kappa shape index (κ2) is 9.63. The van der Waals surface area contributed by atoms with Crippen LogP contribution < -0.4 is 10.6 Å². The van der Waals surface area contributed by atoms with E-state index in [4.69, 9.17) is 16.3 Å². The zero-order chi connectivity index (χ0) is 17.2. The third-order valence-corrected chi connectivity index (χ3v) is 3.12. The fraction of sp³-hybridized carbons (Fsp3) is 0.312. The Morgan fingerprint density at radius 3 is 2.52 bits per heavy atom. The van der Waals surface area contributed by atoms with Gasteiger partial charge in [0, 0.05) is 17.1 Å². The summed E-state index contributed by atoms with van der Waals surface area (Å²) in [6, 6.07) is 6.19. The Morgan fingerprint density at radius 1 is 1.26 bits per heavy atom. The van der Waals surface area contributed by atoms with Crippen LogP contribution in [0.5, 0.6) is 0 Å². The number of hydrogen-bond donors (Lipinski definition) is 2. The molecule has 1 aromatic rings. The van der Waals surface area contributed by atoms with Gasteiger partial charge in [-0.2, -0.15) is 0 Å². The third-order valence-electron chi connectivity index (χ3n) is 2.87. The molecule has 1 aromatic carbocycles. The van der Waals surface area contributed by atoms with Gasteiger partial charge in [0.2, 0.25) is 0 Å². The molecule has 1 rings (SSSR count). The van der Waals surface area contributed by atoms with Crippen molar-refractivity contribution in [1.82, 2.24) is 10.6 Å². The first-order valence-corrected chi connectivity index (χ1v) is 7.49. The number of rotatable bonds is 6. The zero-order valence-electron chi connectivity index (χ0n) is 13.0. The van der Waals surface area contributed by atoms with Crippen LogP contribution in [0, 0.1) is 0 Å². The zero-order valence-corrected chi connectivity index (χ0v) is 13.7. The highest BCUT2D eigenvalue weighted by Gasteiger charge is 2.11. The minimum Gasteiger partial charge on any atom is -0.452 e. The van der Waals surface area contributed by atoms with E-state index in [-0.39, 0.29) is 6.04 Å². The molecule has 23 heavy (non-hydrogen) atoms. The van der Waals surface area contributed by atoms with Crippen LogP contribution in [-0.4, -0.2) is 30.6 Å². The number of halogens is 1. The first-order valence-electron chi connectivity index (χ1n) is 7.11. The monoisotopic (exact) mass is 338 g/mol. The molecule has 3 amide bonds. The average molecular weight is 339 g/mol. The van der Waals surface area contributed by atoms with Gasteiger partial charge in [-0.05, 0) is 37.1 Å². The molecule has 0 fully saturated rings. The van der Waals surface area contributed by atoms with Crippen LogP contribution in [0.3, 0.4) is 0 Å². The Labute approximate surface area is 139 Å². The normalized spacial score (nSPS) is 11.8. The molecule has 0 saturated heterocycles. The van der Waals surface area contributed by atoms with Crippen molar-refractivity contribution in [3.05, 3.63) is 40.9 Å². The number of carbonyl (C=O) groups is 3. The predicted octanol–water partition coefficient (Wildman–Crippen LogP) is 2.52. The molecule has 0 saturated carbocycles. The quantitative estimate of drug-likeness (QED) is 0.616. The van der Waals surface area contributed by atoms with E-state index in [9.17, 15) is 14.4 Å².